The molecule has 0 fully saturated rings. The zero-order valence-electron chi connectivity index (χ0n) is 15.4. The molecule has 0 aliphatic carbocycles. The van der Waals surface area contributed by atoms with E-state index in [-0.39, 0.29) is 18.1 Å². The van der Waals surface area contributed by atoms with Gasteiger partial charge in [0.15, 0.2) is 5.96 Å². The number of hydrogen-bond acceptors (Lipinski definition) is 3. The largest absolute Gasteiger partial charge is 0.356 e. The fraction of sp³-hybridized carbons (Fsp3) is 0.300. The number of thioether (sulfide) groups is 1. The Kier molecular flexibility index (Phi) is 9.20. The normalized spacial score (nSPS) is 11.1. The second kappa shape index (κ2) is 12.0. The van der Waals surface area contributed by atoms with Gasteiger partial charge in [0.1, 0.15) is 5.82 Å². The van der Waals surface area contributed by atoms with Crippen LogP contribution in [0.2, 0.25) is 0 Å². The Morgan fingerprint density at radius 2 is 1.74 bits per heavy atom. The van der Waals surface area contributed by atoms with E-state index < -0.39 is 0 Å². The van der Waals surface area contributed by atoms with Crippen molar-refractivity contribution >= 4 is 23.6 Å². The highest BCUT2D eigenvalue weighted by atomic mass is 32.2. The van der Waals surface area contributed by atoms with Gasteiger partial charge in [-0.3, -0.25) is 9.79 Å². The zero-order valence-corrected chi connectivity index (χ0v) is 16.2. The molecule has 0 aliphatic heterocycles. The molecule has 1 amide bonds. The second-order valence-corrected chi connectivity index (χ2v) is 6.91. The highest BCUT2D eigenvalue weighted by Gasteiger charge is 2.04. The molecule has 0 bridgehead atoms. The summed E-state index contributed by atoms with van der Waals surface area (Å²) in [6, 6.07) is 16.3. The number of benzene rings is 2. The predicted molar refractivity (Wildman–Crippen MR) is 110 cm³/mol. The maximum atomic E-state index is 13.1. The molecule has 0 aliphatic rings. The van der Waals surface area contributed by atoms with Gasteiger partial charge in [0.05, 0.1) is 6.42 Å². The Morgan fingerprint density at radius 3 is 2.48 bits per heavy atom. The summed E-state index contributed by atoms with van der Waals surface area (Å²) in [5, 5.41) is 9.20. The molecule has 0 atom stereocenters. The van der Waals surface area contributed by atoms with Gasteiger partial charge in [-0.25, -0.2) is 4.39 Å². The first-order valence-electron chi connectivity index (χ1n) is 8.81. The van der Waals surface area contributed by atoms with Crippen LogP contribution in [0.1, 0.15) is 5.56 Å². The van der Waals surface area contributed by atoms with Crippen molar-refractivity contribution in [1.82, 2.24) is 16.0 Å². The summed E-state index contributed by atoms with van der Waals surface area (Å²) in [7, 11) is 1.71. The topological polar surface area (TPSA) is 65.5 Å². The molecule has 3 N–H and O–H groups in total. The maximum Gasteiger partial charge on any atom is 0.224 e. The van der Waals surface area contributed by atoms with E-state index in [0.29, 0.717) is 24.6 Å². The highest BCUT2D eigenvalue weighted by molar-refractivity contribution is 7.99. The van der Waals surface area contributed by atoms with E-state index in [9.17, 15) is 9.18 Å². The van der Waals surface area contributed by atoms with Crippen LogP contribution in [0.15, 0.2) is 64.5 Å². The summed E-state index contributed by atoms with van der Waals surface area (Å²) >= 11 is 1.78. The average molecular weight is 389 g/mol. The van der Waals surface area contributed by atoms with Crippen LogP contribution in [0.4, 0.5) is 4.39 Å². The first-order valence-corrected chi connectivity index (χ1v) is 9.79. The third-order valence-corrected chi connectivity index (χ3v) is 4.64. The standard InChI is InChI=1S/C20H25FN4OS/c1-22-20(25-12-13-27-18-8-3-2-4-9-18)24-11-10-23-19(26)15-16-6-5-7-17(21)14-16/h2-9,14H,10-13,15H2,1H3,(H,23,26)(H2,22,24,25). The molecule has 0 radical (unpaired) electrons. The fourth-order valence-corrected chi connectivity index (χ4v) is 3.14. The zero-order chi connectivity index (χ0) is 19.3. The summed E-state index contributed by atoms with van der Waals surface area (Å²) in [5.74, 6) is 1.16. The van der Waals surface area contributed by atoms with E-state index in [1.165, 1.54) is 17.0 Å². The van der Waals surface area contributed by atoms with Crippen LogP contribution >= 0.6 is 11.8 Å². The van der Waals surface area contributed by atoms with Crippen LogP contribution in [-0.2, 0) is 11.2 Å². The molecular formula is C20H25FN4OS. The molecule has 0 aromatic heterocycles. The summed E-state index contributed by atoms with van der Waals surface area (Å²) < 4.78 is 13.1. The van der Waals surface area contributed by atoms with Crippen molar-refractivity contribution in [3.05, 3.63) is 66.0 Å². The van der Waals surface area contributed by atoms with Gasteiger partial charge in [-0.15, -0.1) is 11.8 Å². The quantitative estimate of drug-likeness (QED) is 0.267. The molecule has 0 saturated heterocycles. The number of carbonyl (C=O) groups is 1. The van der Waals surface area contributed by atoms with Gasteiger partial charge in [0, 0.05) is 37.3 Å². The highest BCUT2D eigenvalue weighted by Crippen LogP contribution is 2.15. The van der Waals surface area contributed by atoms with Crippen molar-refractivity contribution < 1.29 is 9.18 Å². The monoisotopic (exact) mass is 388 g/mol. The summed E-state index contributed by atoms with van der Waals surface area (Å²) in [4.78, 5) is 17.3. The van der Waals surface area contributed by atoms with Crippen LogP contribution in [0.3, 0.4) is 0 Å². The number of rotatable bonds is 9. The van der Waals surface area contributed by atoms with Gasteiger partial charge < -0.3 is 16.0 Å². The summed E-state index contributed by atoms with van der Waals surface area (Å²) in [6.45, 7) is 1.80. The Bertz CT molecular complexity index is 740. The summed E-state index contributed by atoms with van der Waals surface area (Å²) in [5.41, 5.74) is 0.661. The maximum absolute atomic E-state index is 13.1. The number of nitrogens with zero attached hydrogens (tertiary/aromatic N) is 1. The van der Waals surface area contributed by atoms with Gasteiger partial charge in [-0.1, -0.05) is 30.3 Å². The number of aliphatic imine (C=N–C) groups is 1. The van der Waals surface area contributed by atoms with Crippen molar-refractivity contribution in [3.8, 4) is 0 Å². The fourth-order valence-electron chi connectivity index (χ4n) is 2.35. The Balaban J connectivity index is 1.57. The smallest absolute Gasteiger partial charge is 0.224 e. The lowest BCUT2D eigenvalue weighted by Crippen LogP contribution is -2.42. The van der Waals surface area contributed by atoms with E-state index in [2.05, 4.69) is 33.1 Å². The molecule has 0 saturated carbocycles. The van der Waals surface area contributed by atoms with Crippen LogP contribution in [0.25, 0.3) is 0 Å². The van der Waals surface area contributed by atoms with Crippen molar-refractivity contribution in [3.63, 3.8) is 0 Å². The SMILES string of the molecule is CN=C(NCCNC(=O)Cc1cccc(F)c1)NCCSc1ccccc1. The van der Waals surface area contributed by atoms with Gasteiger partial charge in [0.2, 0.25) is 5.91 Å². The molecule has 144 valence electrons. The van der Waals surface area contributed by atoms with E-state index in [0.717, 1.165) is 12.3 Å². The number of hydrogen-bond donors (Lipinski definition) is 3. The first-order chi connectivity index (χ1) is 13.2. The van der Waals surface area contributed by atoms with Crippen LogP contribution in [0.5, 0.6) is 0 Å². The third-order valence-electron chi connectivity index (χ3n) is 3.62. The molecule has 0 unspecified atom stereocenters. The van der Waals surface area contributed by atoms with Gasteiger partial charge in [-0.05, 0) is 29.8 Å². The number of amides is 1. The van der Waals surface area contributed by atoms with Crippen molar-refractivity contribution in [2.75, 3.05) is 32.4 Å². The van der Waals surface area contributed by atoms with E-state index in [4.69, 9.17) is 0 Å². The van der Waals surface area contributed by atoms with Crippen LogP contribution in [-0.4, -0.2) is 44.3 Å². The molecular weight excluding hydrogens is 363 g/mol. The van der Waals surface area contributed by atoms with E-state index >= 15 is 0 Å². The molecule has 2 aromatic rings. The average Bonchev–Trinajstić information content (AvgIpc) is 2.67. The Morgan fingerprint density at radius 1 is 1.00 bits per heavy atom. The van der Waals surface area contributed by atoms with Crippen LogP contribution in [0, 0.1) is 5.82 Å². The van der Waals surface area contributed by atoms with Gasteiger partial charge in [-0.2, -0.15) is 0 Å². The molecule has 2 rings (SSSR count). The van der Waals surface area contributed by atoms with Gasteiger partial charge >= 0.3 is 0 Å². The van der Waals surface area contributed by atoms with E-state index in [1.807, 2.05) is 18.2 Å². The Hall–Kier alpha value is -2.54. The minimum atomic E-state index is -0.331. The Labute approximate surface area is 163 Å². The number of halogens is 1. The lowest BCUT2D eigenvalue weighted by atomic mass is 10.1. The van der Waals surface area contributed by atoms with Crippen molar-refractivity contribution in [2.24, 2.45) is 4.99 Å². The van der Waals surface area contributed by atoms with Crippen molar-refractivity contribution in [1.29, 1.82) is 0 Å². The van der Waals surface area contributed by atoms with Crippen molar-refractivity contribution in [2.45, 2.75) is 11.3 Å². The van der Waals surface area contributed by atoms with Crippen LogP contribution < -0.4 is 16.0 Å². The number of guanidine groups is 1. The number of carbonyl (C=O) groups excluding carboxylic acids is 1. The molecule has 0 spiro atoms. The number of nitrogens with one attached hydrogen (secondary N) is 3. The lowest BCUT2D eigenvalue weighted by molar-refractivity contribution is -0.120. The molecule has 2 aromatic carbocycles. The minimum Gasteiger partial charge on any atom is -0.356 e. The molecule has 0 heterocycles. The molecule has 7 heteroatoms. The van der Waals surface area contributed by atoms with Gasteiger partial charge in [0.25, 0.3) is 0 Å². The molecule has 5 nitrogen and oxygen atoms in total. The summed E-state index contributed by atoms with van der Waals surface area (Å²) in [6.07, 6.45) is 0.168. The second-order valence-electron chi connectivity index (χ2n) is 5.74. The third kappa shape index (κ3) is 8.59. The first kappa shape index (κ1) is 20.8. The minimum absolute atomic E-state index is 0.135. The predicted octanol–water partition coefficient (Wildman–Crippen LogP) is 2.44. The molecule has 27 heavy (non-hydrogen) atoms. The van der Waals surface area contributed by atoms with E-state index in [1.54, 1.807) is 30.9 Å². The lowest BCUT2D eigenvalue weighted by Gasteiger charge is -2.12.